The van der Waals surface area contributed by atoms with Crippen molar-refractivity contribution in [2.45, 2.75) is 39.7 Å². The minimum Gasteiger partial charge on any atom is -0.496 e. The Morgan fingerprint density at radius 3 is 2.39 bits per heavy atom. The van der Waals surface area contributed by atoms with E-state index in [4.69, 9.17) is 15.2 Å². The van der Waals surface area contributed by atoms with Crippen LogP contribution in [0.5, 0.6) is 5.75 Å². The molecule has 0 radical (unpaired) electrons. The molecule has 0 unspecified atom stereocenters. The number of ether oxygens (including phenoxy) is 2. The minimum atomic E-state index is 0.0572. The van der Waals surface area contributed by atoms with Crippen LogP contribution >= 0.6 is 0 Å². The minimum absolute atomic E-state index is 0.0572. The molecule has 0 aliphatic heterocycles. The van der Waals surface area contributed by atoms with Crippen LogP contribution in [-0.2, 0) is 16.8 Å². The van der Waals surface area contributed by atoms with Gasteiger partial charge in [-0.25, -0.2) is 0 Å². The molecule has 18 heavy (non-hydrogen) atoms. The third kappa shape index (κ3) is 3.72. The normalized spacial score (nSPS) is 11.7. The van der Waals surface area contributed by atoms with Crippen molar-refractivity contribution >= 4 is 0 Å². The second-order valence-electron chi connectivity index (χ2n) is 5.57. The summed E-state index contributed by atoms with van der Waals surface area (Å²) in [6.45, 7) is 10.4. The number of methoxy groups -OCH3 is 1. The van der Waals surface area contributed by atoms with E-state index in [1.807, 2.05) is 0 Å². The highest BCUT2D eigenvalue weighted by molar-refractivity contribution is 5.45. The van der Waals surface area contributed by atoms with Gasteiger partial charge in [0.25, 0.3) is 0 Å². The molecular formula is C15H25NO2. The van der Waals surface area contributed by atoms with Gasteiger partial charge in [0, 0.05) is 6.54 Å². The van der Waals surface area contributed by atoms with Gasteiger partial charge in [-0.15, -0.1) is 0 Å². The Morgan fingerprint density at radius 2 is 1.89 bits per heavy atom. The quantitative estimate of drug-likeness (QED) is 0.818. The van der Waals surface area contributed by atoms with E-state index in [0.29, 0.717) is 19.8 Å². The average molecular weight is 251 g/mol. The highest BCUT2D eigenvalue weighted by Gasteiger charge is 2.20. The van der Waals surface area contributed by atoms with E-state index in [1.165, 1.54) is 16.7 Å². The van der Waals surface area contributed by atoms with Gasteiger partial charge in [-0.3, -0.25) is 0 Å². The van der Waals surface area contributed by atoms with Crippen molar-refractivity contribution < 1.29 is 9.47 Å². The van der Waals surface area contributed by atoms with Crippen LogP contribution < -0.4 is 10.5 Å². The number of aryl methyl sites for hydroxylation is 1. The van der Waals surface area contributed by atoms with E-state index in [2.05, 4.69) is 39.8 Å². The van der Waals surface area contributed by atoms with Crippen molar-refractivity contribution in [2.24, 2.45) is 5.73 Å². The van der Waals surface area contributed by atoms with E-state index in [0.717, 1.165) is 5.75 Å². The fourth-order valence-electron chi connectivity index (χ4n) is 1.90. The SMILES string of the molecule is COc1cc(C)c(COCCN)cc1C(C)(C)C. The van der Waals surface area contributed by atoms with Crippen LogP contribution in [0.2, 0.25) is 0 Å². The van der Waals surface area contributed by atoms with Gasteiger partial charge in [-0.05, 0) is 41.2 Å². The van der Waals surface area contributed by atoms with Crippen LogP contribution in [0.3, 0.4) is 0 Å². The lowest BCUT2D eigenvalue weighted by molar-refractivity contribution is 0.127. The van der Waals surface area contributed by atoms with E-state index in [1.54, 1.807) is 7.11 Å². The third-order valence-electron chi connectivity index (χ3n) is 2.99. The summed E-state index contributed by atoms with van der Waals surface area (Å²) in [6, 6.07) is 4.27. The zero-order valence-electron chi connectivity index (χ0n) is 12.2. The molecule has 1 rings (SSSR count). The molecule has 0 amide bonds. The Morgan fingerprint density at radius 1 is 1.22 bits per heavy atom. The maximum absolute atomic E-state index is 5.53. The van der Waals surface area contributed by atoms with Crippen LogP contribution in [0.15, 0.2) is 12.1 Å². The van der Waals surface area contributed by atoms with Gasteiger partial charge in [0.05, 0.1) is 20.3 Å². The van der Waals surface area contributed by atoms with Crippen LogP contribution in [-0.4, -0.2) is 20.3 Å². The Bertz CT molecular complexity index is 394. The van der Waals surface area contributed by atoms with Crippen LogP contribution in [0.25, 0.3) is 0 Å². The number of rotatable bonds is 5. The molecule has 0 saturated heterocycles. The van der Waals surface area contributed by atoms with Gasteiger partial charge in [0.2, 0.25) is 0 Å². The van der Waals surface area contributed by atoms with Gasteiger partial charge in [0.1, 0.15) is 5.75 Å². The Hall–Kier alpha value is -1.06. The van der Waals surface area contributed by atoms with Crippen molar-refractivity contribution in [3.8, 4) is 5.75 Å². The molecule has 0 heterocycles. The van der Waals surface area contributed by atoms with Gasteiger partial charge in [-0.1, -0.05) is 20.8 Å². The van der Waals surface area contributed by atoms with E-state index < -0.39 is 0 Å². The van der Waals surface area contributed by atoms with Gasteiger partial charge < -0.3 is 15.2 Å². The third-order valence-corrected chi connectivity index (χ3v) is 2.99. The molecule has 0 atom stereocenters. The topological polar surface area (TPSA) is 44.5 Å². The van der Waals surface area contributed by atoms with Crippen LogP contribution in [0, 0.1) is 6.92 Å². The highest BCUT2D eigenvalue weighted by atomic mass is 16.5. The van der Waals surface area contributed by atoms with Gasteiger partial charge >= 0.3 is 0 Å². The Balaban J connectivity index is 3.06. The molecule has 0 fully saturated rings. The summed E-state index contributed by atoms with van der Waals surface area (Å²) < 4.78 is 11.0. The fraction of sp³-hybridized carbons (Fsp3) is 0.600. The maximum Gasteiger partial charge on any atom is 0.122 e. The number of hydrogen-bond donors (Lipinski definition) is 1. The first-order chi connectivity index (χ1) is 8.40. The summed E-state index contributed by atoms with van der Waals surface area (Å²) in [5.41, 5.74) is 9.09. The van der Waals surface area contributed by atoms with E-state index >= 15 is 0 Å². The molecule has 2 N–H and O–H groups in total. The largest absolute Gasteiger partial charge is 0.496 e. The van der Waals surface area contributed by atoms with Gasteiger partial charge in [0.15, 0.2) is 0 Å². The zero-order chi connectivity index (χ0) is 13.8. The van der Waals surface area contributed by atoms with Gasteiger partial charge in [-0.2, -0.15) is 0 Å². The van der Waals surface area contributed by atoms with Crippen molar-refractivity contribution in [3.63, 3.8) is 0 Å². The molecule has 0 bridgehead atoms. The molecule has 0 aliphatic rings. The number of hydrogen-bond acceptors (Lipinski definition) is 3. The van der Waals surface area contributed by atoms with Crippen molar-refractivity contribution in [2.75, 3.05) is 20.3 Å². The Labute approximate surface area is 110 Å². The summed E-state index contributed by atoms with van der Waals surface area (Å²) in [6.07, 6.45) is 0. The van der Waals surface area contributed by atoms with E-state index in [-0.39, 0.29) is 5.41 Å². The second kappa shape index (κ2) is 6.21. The molecule has 0 aliphatic carbocycles. The first kappa shape index (κ1) is 15.0. The standard InChI is InChI=1S/C15H25NO2/c1-11-8-14(17-5)13(15(2,3)4)9-12(11)10-18-7-6-16/h8-9H,6-7,10,16H2,1-5H3. The van der Waals surface area contributed by atoms with Crippen molar-refractivity contribution in [3.05, 3.63) is 28.8 Å². The molecule has 1 aromatic rings. The van der Waals surface area contributed by atoms with Crippen LogP contribution in [0.4, 0.5) is 0 Å². The van der Waals surface area contributed by atoms with E-state index in [9.17, 15) is 0 Å². The summed E-state index contributed by atoms with van der Waals surface area (Å²) in [5, 5.41) is 0. The number of benzene rings is 1. The molecular weight excluding hydrogens is 226 g/mol. The molecule has 1 aromatic carbocycles. The van der Waals surface area contributed by atoms with Crippen LogP contribution in [0.1, 0.15) is 37.5 Å². The fourth-order valence-corrected chi connectivity index (χ4v) is 1.90. The first-order valence-electron chi connectivity index (χ1n) is 6.36. The zero-order valence-corrected chi connectivity index (χ0v) is 12.2. The highest BCUT2D eigenvalue weighted by Crippen LogP contribution is 2.33. The molecule has 0 saturated carbocycles. The molecule has 102 valence electrons. The lowest BCUT2D eigenvalue weighted by Crippen LogP contribution is -2.14. The summed E-state index contributed by atoms with van der Waals surface area (Å²) >= 11 is 0. The van der Waals surface area contributed by atoms with Crippen molar-refractivity contribution in [1.29, 1.82) is 0 Å². The number of nitrogens with two attached hydrogens (primary N) is 1. The molecule has 0 spiro atoms. The monoisotopic (exact) mass is 251 g/mol. The lowest BCUT2D eigenvalue weighted by Gasteiger charge is -2.24. The average Bonchev–Trinajstić information content (AvgIpc) is 2.29. The van der Waals surface area contributed by atoms with Crippen molar-refractivity contribution in [1.82, 2.24) is 0 Å². The predicted octanol–water partition coefficient (Wildman–Crippen LogP) is 2.78. The maximum atomic E-state index is 5.53. The Kier molecular flexibility index (Phi) is 5.17. The second-order valence-corrected chi connectivity index (χ2v) is 5.57. The predicted molar refractivity (Wildman–Crippen MR) is 75.1 cm³/mol. The first-order valence-corrected chi connectivity index (χ1v) is 6.36. The smallest absolute Gasteiger partial charge is 0.122 e. The summed E-state index contributed by atoms with van der Waals surface area (Å²) in [7, 11) is 1.72. The summed E-state index contributed by atoms with van der Waals surface area (Å²) in [5.74, 6) is 0.947. The lowest BCUT2D eigenvalue weighted by atomic mass is 9.84. The molecule has 0 aromatic heterocycles. The molecule has 3 heteroatoms. The molecule has 3 nitrogen and oxygen atoms in total. The summed E-state index contributed by atoms with van der Waals surface area (Å²) in [4.78, 5) is 0.